The minimum Gasteiger partial charge on any atom is -0.284 e. The molecule has 4 rings (SSSR count). The summed E-state index contributed by atoms with van der Waals surface area (Å²) in [7, 11) is 0. The van der Waals surface area contributed by atoms with Gasteiger partial charge in [-0.05, 0) is 54.8 Å². The van der Waals surface area contributed by atoms with Crippen LogP contribution >= 0.6 is 23.1 Å². The quantitative estimate of drug-likeness (QED) is 0.334. The van der Waals surface area contributed by atoms with E-state index in [0.29, 0.717) is 13.0 Å². The number of hydrogen-bond acceptors (Lipinski definition) is 5. The number of amides is 1. The predicted octanol–water partition coefficient (Wildman–Crippen LogP) is 6.02. The number of aromatic nitrogens is 2. The van der Waals surface area contributed by atoms with Crippen LogP contribution < -0.4 is 4.90 Å². The molecule has 0 unspecified atom stereocenters. The van der Waals surface area contributed by atoms with Crippen LogP contribution in [0.25, 0.3) is 10.2 Å². The van der Waals surface area contributed by atoms with Gasteiger partial charge in [-0.1, -0.05) is 41.7 Å². The molecule has 0 radical (unpaired) electrons. The molecule has 4 nitrogen and oxygen atoms in total. The molecule has 0 spiro atoms. The van der Waals surface area contributed by atoms with Crippen LogP contribution in [0.5, 0.6) is 0 Å². The molecule has 0 aliphatic carbocycles. The summed E-state index contributed by atoms with van der Waals surface area (Å²) in [5.74, 6) is 0.811. The number of benzene rings is 2. The molecule has 0 N–H and O–H groups in total. The first-order valence-corrected chi connectivity index (χ1v) is 11.7. The summed E-state index contributed by atoms with van der Waals surface area (Å²) in [6.45, 7) is 4.65. The minimum absolute atomic E-state index is 0.0794. The summed E-state index contributed by atoms with van der Waals surface area (Å²) in [6.07, 6.45) is 4.01. The third-order valence-electron chi connectivity index (χ3n) is 4.73. The van der Waals surface area contributed by atoms with E-state index in [0.717, 1.165) is 26.7 Å². The Hall–Kier alpha value is -2.70. The van der Waals surface area contributed by atoms with Gasteiger partial charge in [0.2, 0.25) is 5.91 Å². The Labute approximate surface area is 185 Å². The Kier molecular flexibility index (Phi) is 6.45. The molecule has 30 heavy (non-hydrogen) atoms. The second-order valence-corrected chi connectivity index (χ2v) is 9.33. The average molecular weight is 434 g/mol. The molecule has 0 aliphatic heterocycles. The maximum atomic E-state index is 13.2. The topological polar surface area (TPSA) is 46.1 Å². The molecule has 0 bridgehead atoms. The zero-order chi connectivity index (χ0) is 20.9. The van der Waals surface area contributed by atoms with Crippen LogP contribution in [0.4, 0.5) is 5.13 Å². The van der Waals surface area contributed by atoms with E-state index < -0.39 is 0 Å². The van der Waals surface area contributed by atoms with E-state index in [4.69, 9.17) is 4.98 Å². The first-order valence-electron chi connectivity index (χ1n) is 9.85. The number of hydrogen-bond donors (Lipinski definition) is 0. The van der Waals surface area contributed by atoms with Crippen molar-refractivity contribution in [1.29, 1.82) is 0 Å². The van der Waals surface area contributed by atoms with Gasteiger partial charge in [0.25, 0.3) is 0 Å². The van der Waals surface area contributed by atoms with Crippen molar-refractivity contribution in [3.63, 3.8) is 0 Å². The van der Waals surface area contributed by atoms with E-state index in [9.17, 15) is 4.79 Å². The summed E-state index contributed by atoms with van der Waals surface area (Å²) in [6, 6.07) is 18.3. The molecule has 0 atom stereocenters. The molecule has 0 fully saturated rings. The number of anilines is 1. The monoisotopic (exact) mass is 433 g/mol. The van der Waals surface area contributed by atoms with Gasteiger partial charge < -0.3 is 0 Å². The summed E-state index contributed by atoms with van der Waals surface area (Å²) in [5, 5.41) is 0.747. The standard InChI is InChI=1S/C24H23N3OS2/c1-17-13-18(2)23-21(14-17)26-24(30-23)27(16-19-7-6-11-25-15-19)22(28)10-12-29-20-8-4-3-5-9-20/h3-9,11,13-15H,10,12,16H2,1-2H3. The van der Waals surface area contributed by atoms with E-state index in [1.807, 2.05) is 41.4 Å². The molecule has 0 aliphatic rings. The van der Waals surface area contributed by atoms with Crippen LogP contribution in [0.3, 0.4) is 0 Å². The molecule has 2 aromatic heterocycles. The Balaban J connectivity index is 1.57. The molecule has 1 amide bonds. The Morgan fingerprint density at radius 1 is 1.10 bits per heavy atom. The highest BCUT2D eigenvalue weighted by atomic mass is 32.2. The van der Waals surface area contributed by atoms with Crippen LogP contribution in [0.15, 0.2) is 71.9 Å². The number of pyridine rings is 1. The summed E-state index contributed by atoms with van der Waals surface area (Å²) in [5.41, 5.74) is 4.33. The van der Waals surface area contributed by atoms with Crippen LogP contribution in [0, 0.1) is 13.8 Å². The van der Waals surface area contributed by atoms with E-state index in [1.165, 1.54) is 16.0 Å². The van der Waals surface area contributed by atoms with Crippen LogP contribution in [-0.2, 0) is 11.3 Å². The molecule has 0 saturated carbocycles. The molecular weight excluding hydrogens is 410 g/mol. The van der Waals surface area contributed by atoms with E-state index in [1.54, 1.807) is 29.3 Å². The number of carbonyl (C=O) groups excluding carboxylic acids is 1. The lowest BCUT2D eigenvalue weighted by molar-refractivity contribution is -0.118. The highest BCUT2D eigenvalue weighted by Crippen LogP contribution is 2.33. The third-order valence-corrected chi connectivity index (χ3v) is 6.98. The first-order chi connectivity index (χ1) is 14.6. The van der Waals surface area contributed by atoms with Gasteiger partial charge >= 0.3 is 0 Å². The second kappa shape index (κ2) is 9.41. The van der Waals surface area contributed by atoms with Crippen LogP contribution in [-0.4, -0.2) is 21.6 Å². The van der Waals surface area contributed by atoms with E-state index in [-0.39, 0.29) is 5.91 Å². The Morgan fingerprint density at radius 3 is 2.70 bits per heavy atom. The fraction of sp³-hybridized carbons (Fsp3) is 0.208. The smallest absolute Gasteiger partial charge is 0.229 e. The van der Waals surface area contributed by atoms with Crippen molar-refractivity contribution >= 4 is 44.4 Å². The van der Waals surface area contributed by atoms with Gasteiger partial charge in [0.15, 0.2) is 5.13 Å². The second-order valence-electron chi connectivity index (χ2n) is 7.18. The van der Waals surface area contributed by atoms with Gasteiger partial charge in [-0.25, -0.2) is 4.98 Å². The largest absolute Gasteiger partial charge is 0.284 e. The predicted molar refractivity (Wildman–Crippen MR) is 126 cm³/mol. The summed E-state index contributed by atoms with van der Waals surface area (Å²) in [4.78, 5) is 25.2. The SMILES string of the molecule is Cc1cc(C)c2sc(N(Cc3cccnc3)C(=O)CCSc3ccccc3)nc2c1. The van der Waals surface area contributed by atoms with Crippen molar-refractivity contribution in [2.45, 2.75) is 31.7 Å². The molecule has 4 aromatic rings. The number of fused-ring (bicyclic) bond motifs is 1. The summed E-state index contributed by atoms with van der Waals surface area (Å²) >= 11 is 3.29. The number of thioether (sulfide) groups is 1. The zero-order valence-electron chi connectivity index (χ0n) is 17.0. The van der Waals surface area contributed by atoms with Crippen molar-refractivity contribution < 1.29 is 4.79 Å². The highest BCUT2D eigenvalue weighted by molar-refractivity contribution is 7.99. The van der Waals surface area contributed by atoms with Crippen molar-refractivity contribution in [2.24, 2.45) is 0 Å². The van der Waals surface area contributed by atoms with Gasteiger partial charge in [-0.2, -0.15) is 0 Å². The van der Waals surface area contributed by atoms with Gasteiger partial charge in [0, 0.05) is 29.5 Å². The van der Waals surface area contributed by atoms with Crippen molar-refractivity contribution in [3.8, 4) is 0 Å². The van der Waals surface area contributed by atoms with Crippen molar-refractivity contribution in [1.82, 2.24) is 9.97 Å². The Bertz CT molecular complexity index is 1140. The maximum absolute atomic E-state index is 13.2. The molecule has 152 valence electrons. The molecule has 2 heterocycles. The lowest BCUT2D eigenvalue weighted by Gasteiger charge is -2.20. The molecule has 2 aromatic carbocycles. The number of rotatable bonds is 7. The summed E-state index contributed by atoms with van der Waals surface area (Å²) < 4.78 is 1.14. The molecular formula is C24H23N3OS2. The van der Waals surface area contributed by atoms with Crippen LogP contribution in [0.2, 0.25) is 0 Å². The van der Waals surface area contributed by atoms with Crippen molar-refractivity contribution in [3.05, 3.63) is 83.7 Å². The average Bonchev–Trinajstić information content (AvgIpc) is 3.17. The lowest BCUT2D eigenvalue weighted by Crippen LogP contribution is -2.30. The molecule has 0 saturated heterocycles. The van der Waals surface area contributed by atoms with Gasteiger partial charge in [0.05, 0.1) is 16.8 Å². The van der Waals surface area contributed by atoms with Gasteiger partial charge in [0.1, 0.15) is 0 Å². The van der Waals surface area contributed by atoms with Gasteiger partial charge in [-0.15, -0.1) is 11.8 Å². The van der Waals surface area contributed by atoms with Gasteiger partial charge in [-0.3, -0.25) is 14.7 Å². The zero-order valence-corrected chi connectivity index (χ0v) is 18.7. The third kappa shape index (κ3) is 4.89. The van der Waals surface area contributed by atoms with Crippen LogP contribution in [0.1, 0.15) is 23.1 Å². The maximum Gasteiger partial charge on any atom is 0.229 e. The fourth-order valence-electron chi connectivity index (χ4n) is 3.32. The fourth-order valence-corrected chi connectivity index (χ4v) is 5.22. The van der Waals surface area contributed by atoms with E-state index >= 15 is 0 Å². The van der Waals surface area contributed by atoms with Crippen molar-refractivity contribution in [2.75, 3.05) is 10.7 Å². The number of aryl methyl sites for hydroxylation is 2. The minimum atomic E-state index is 0.0794. The highest BCUT2D eigenvalue weighted by Gasteiger charge is 2.21. The number of nitrogens with zero attached hydrogens (tertiary/aromatic N) is 3. The lowest BCUT2D eigenvalue weighted by atomic mass is 10.1. The molecule has 6 heteroatoms. The Morgan fingerprint density at radius 2 is 1.93 bits per heavy atom. The normalized spacial score (nSPS) is 11.0. The number of carbonyl (C=O) groups is 1. The van der Waals surface area contributed by atoms with E-state index in [2.05, 4.69) is 43.1 Å². The number of thiazole rings is 1. The first kappa shape index (κ1) is 20.6.